The molecule has 0 bridgehead atoms. The molecule has 0 radical (unpaired) electrons. The van der Waals surface area contributed by atoms with Gasteiger partial charge in [-0.1, -0.05) is 32.9 Å². The number of nitrogens with zero attached hydrogens (tertiary/aromatic N) is 1. The fourth-order valence-electron chi connectivity index (χ4n) is 3.13. The van der Waals surface area contributed by atoms with Crippen molar-refractivity contribution in [3.63, 3.8) is 0 Å². The average molecular weight is 294 g/mol. The third-order valence-electron chi connectivity index (χ3n) is 4.40. The zero-order chi connectivity index (χ0) is 16.0. The minimum absolute atomic E-state index is 0.0249. The van der Waals surface area contributed by atoms with Crippen LogP contribution in [0.25, 0.3) is 0 Å². The molecule has 0 aliphatic carbocycles. The van der Waals surface area contributed by atoms with E-state index in [1.165, 1.54) is 5.56 Å². The van der Waals surface area contributed by atoms with Crippen molar-refractivity contribution in [3.8, 4) is 0 Å². The molecule has 1 unspecified atom stereocenters. The Balaban J connectivity index is 3.17. The van der Waals surface area contributed by atoms with Gasteiger partial charge in [-0.2, -0.15) is 0 Å². The summed E-state index contributed by atoms with van der Waals surface area (Å²) in [6.45, 7) is 15.9. The topological polar surface area (TPSA) is 15.3 Å². The first kappa shape index (κ1) is 18.1. The van der Waals surface area contributed by atoms with Crippen LogP contribution in [0.3, 0.4) is 0 Å². The van der Waals surface area contributed by atoms with Crippen LogP contribution in [0, 0.1) is 12.7 Å². The Hall–Kier alpha value is -0.930. The lowest BCUT2D eigenvalue weighted by molar-refractivity contribution is 0.0911. The van der Waals surface area contributed by atoms with E-state index in [4.69, 9.17) is 0 Å². The Bertz CT molecular complexity index is 439. The van der Waals surface area contributed by atoms with Crippen LogP contribution < -0.4 is 5.32 Å². The fraction of sp³-hybridized carbons (Fsp3) is 0.667. The lowest BCUT2D eigenvalue weighted by atomic mass is 9.86. The van der Waals surface area contributed by atoms with Gasteiger partial charge in [-0.15, -0.1) is 0 Å². The molecule has 1 atom stereocenters. The van der Waals surface area contributed by atoms with Crippen molar-refractivity contribution in [2.24, 2.45) is 0 Å². The van der Waals surface area contributed by atoms with Crippen LogP contribution in [0.4, 0.5) is 4.39 Å². The van der Waals surface area contributed by atoms with Gasteiger partial charge < -0.3 is 5.32 Å². The second-order valence-corrected chi connectivity index (χ2v) is 6.22. The molecule has 1 aromatic carbocycles. The number of likely N-dealkylation sites (N-methyl/N-ethyl adjacent to an activating group) is 1. The Kier molecular flexibility index (Phi) is 6.82. The smallest absolute Gasteiger partial charge is 0.126 e. The van der Waals surface area contributed by atoms with Crippen LogP contribution in [0.15, 0.2) is 18.2 Å². The zero-order valence-corrected chi connectivity index (χ0v) is 14.5. The van der Waals surface area contributed by atoms with E-state index in [0.29, 0.717) is 5.56 Å². The van der Waals surface area contributed by atoms with Crippen molar-refractivity contribution in [2.75, 3.05) is 19.6 Å². The molecule has 0 fully saturated rings. The van der Waals surface area contributed by atoms with Crippen LogP contribution in [0.5, 0.6) is 0 Å². The number of benzene rings is 1. The monoisotopic (exact) mass is 294 g/mol. The summed E-state index contributed by atoms with van der Waals surface area (Å²) in [6, 6.07) is 5.68. The first-order chi connectivity index (χ1) is 9.88. The molecule has 1 aromatic rings. The van der Waals surface area contributed by atoms with Crippen molar-refractivity contribution in [2.45, 2.75) is 59.5 Å². The van der Waals surface area contributed by atoms with Gasteiger partial charge in [0.15, 0.2) is 0 Å². The van der Waals surface area contributed by atoms with Crippen LogP contribution >= 0.6 is 0 Å². The Morgan fingerprint density at radius 1 is 1.19 bits per heavy atom. The van der Waals surface area contributed by atoms with Crippen LogP contribution in [-0.2, 0) is 0 Å². The van der Waals surface area contributed by atoms with E-state index < -0.39 is 0 Å². The van der Waals surface area contributed by atoms with Gasteiger partial charge in [0.05, 0.1) is 6.04 Å². The third kappa shape index (κ3) is 4.27. The summed E-state index contributed by atoms with van der Waals surface area (Å²) < 4.78 is 13.6. The van der Waals surface area contributed by atoms with Crippen molar-refractivity contribution >= 4 is 0 Å². The van der Waals surface area contributed by atoms with Gasteiger partial charge in [0.25, 0.3) is 0 Å². The highest BCUT2D eigenvalue weighted by atomic mass is 19.1. The van der Waals surface area contributed by atoms with Crippen molar-refractivity contribution < 1.29 is 4.39 Å². The molecule has 0 aromatic heterocycles. The number of hydrogen-bond donors (Lipinski definition) is 1. The maximum Gasteiger partial charge on any atom is 0.126 e. The molecule has 0 amide bonds. The molecule has 0 saturated heterocycles. The summed E-state index contributed by atoms with van der Waals surface area (Å²) >= 11 is 0. The highest BCUT2D eigenvalue weighted by Crippen LogP contribution is 2.32. The number of hydrogen-bond acceptors (Lipinski definition) is 2. The lowest BCUT2D eigenvalue weighted by Crippen LogP contribution is -2.52. The maximum absolute atomic E-state index is 13.6. The van der Waals surface area contributed by atoms with Gasteiger partial charge in [-0.3, -0.25) is 4.90 Å². The Morgan fingerprint density at radius 3 is 2.29 bits per heavy atom. The highest BCUT2D eigenvalue weighted by molar-refractivity contribution is 5.29. The van der Waals surface area contributed by atoms with E-state index in [2.05, 4.69) is 44.8 Å². The van der Waals surface area contributed by atoms with Gasteiger partial charge in [0.1, 0.15) is 5.82 Å². The van der Waals surface area contributed by atoms with Gasteiger partial charge in [0.2, 0.25) is 0 Å². The highest BCUT2D eigenvalue weighted by Gasteiger charge is 2.34. The third-order valence-corrected chi connectivity index (χ3v) is 4.40. The molecule has 0 spiro atoms. The second kappa shape index (κ2) is 7.90. The van der Waals surface area contributed by atoms with E-state index in [1.54, 1.807) is 6.07 Å². The minimum Gasteiger partial charge on any atom is -0.308 e. The second-order valence-electron chi connectivity index (χ2n) is 6.22. The van der Waals surface area contributed by atoms with E-state index in [9.17, 15) is 4.39 Å². The quantitative estimate of drug-likeness (QED) is 0.769. The summed E-state index contributed by atoms with van der Waals surface area (Å²) in [4.78, 5) is 2.46. The summed E-state index contributed by atoms with van der Waals surface area (Å²) in [5.74, 6) is -0.131. The number of nitrogens with one attached hydrogen (secondary N) is 1. The Morgan fingerprint density at radius 2 is 1.81 bits per heavy atom. The van der Waals surface area contributed by atoms with E-state index in [-0.39, 0.29) is 17.4 Å². The standard InChI is InChI=1S/C18H31FN2/c1-7-12-20-17(18(5,6)21(8-2)9-3)15-10-11-16(19)14(4)13-15/h10-11,13,17,20H,7-9,12H2,1-6H3. The predicted octanol–water partition coefficient (Wildman–Crippen LogP) is 4.30. The Labute approximate surface area is 129 Å². The van der Waals surface area contributed by atoms with Crippen molar-refractivity contribution in [1.29, 1.82) is 0 Å². The van der Waals surface area contributed by atoms with Crippen LogP contribution in [0.1, 0.15) is 58.2 Å². The van der Waals surface area contributed by atoms with Crippen molar-refractivity contribution in [3.05, 3.63) is 35.1 Å². The number of rotatable bonds is 8. The van der Waals surface area contributed by atoms with E-state index >= 15 is 0 Å². The molecule has 3 heteroatoms. The molecular formula is C18H31FN2. The molecule has 1 rings (SSSR count). The first-order valence-corrected chi connectivity index (χ1v) is 8.12. The van der Waals surface area contributed by atoms with Gasteiger partial charge in [0, 0.05) is 5.54 Å². The molecule has 2 nitrogen and oxygen atoms in total. The minimum atomic E-state index is -0.131. The molecule has 1 N–H and O–H groups in total. The predicted molar refractivity (Wildman–Crippen MR) is 89.2 cm³/mol. The maximum atomic E-state index is 13.6. The average Bonchev–Trinajstić information content (AvgIpc) is 2.43. The molecule has 120 valence electrons. The van der Waals surface area contributed by atoms with Gasteiger partial charge >= 0.3 is 0 Å². The van der Waals surface area contributed by atoms with Crippen molar-refractivity contribution in [1.82, 2.24) is 10.2 Å². The normalized spacial score (nSPS) is 13.7. The van der Waals surface area contributed by atoms with Crippen LogP contribution in [0.2, 0.25) is 0 Å². The molecule has 0 aliphatic rings. The molecular weight excluding hydrogens is 263 g/mol. The zero-order valence-electron chi connectivity index (χ0n) is 14.5. The summed E-state index contributed by atoms with van der Waals surface area (Å²) in [7, 11) is 0. The summed E-state index contributed by atoms with van der Waals surface area (Å²) in [6.07, 6.45) is 1.09. The summed E-state index contributed by atoms with van der Waals surface area (Å²) in [5.41, 5.74) is 1.86. The first-order valence-electron chi connectivity index (χ1n) is 8.12. The molecule has 21 heavy (non-hydrogen) atoms. The van der Waals surface area contributed by atoms with Gasteiger partial charge in [-0.25, -0.2) is 4.39 Å². The fourth-order valence-corrected chi connectivity index (χ4v) is 3.13. The van der Waals surface area contributed by atoms with E-state index in [1.807, 2.05) is 19.1 Å². The largest absolute Gasteiger partial charge is 0.308 e. The van der Waals surface area contributed by atoms with Crippen LogP contribution in [-0.4, -0.2) is 30.1 Å². The lowest BCUT2D eigenvalue weighted by Gasteiger charge is -2.44. The molecule has 0 heterocycles. The summed E-state index contributed by atoms with van der Waals surface area (Å²) in [5, 5.41) is 3.66. The number of halogens is 1. The molecule has 0 aliphatic heterocycles. The van der Waals surface area contributed by atoms with E-state index in [0.717, 1.165) is 26.1 Å². The van der Waals surface area contributed by atoms with Gasteiger partial charge in [-0.05, 0) is 64.0 Å². The SMILES string of the molecule is CCCNC(c1ccc(F)c(C)c1)C(C)(C)N(CC)CC. The number of aryl methyl sites for hydroxylation is 1. The molecule has 0 saturated carbocycles.